The zero-order valence-corrected chi connectivity index (χ0v) is 8.43. The van der Waals surface area contributed by atoms with Crippen molar-refractivity contribution in [2.45, 2.75) is 6.61 Å². The van der Waals surface area contributed by atoms with Crippen molar-refractivity contribution in [2.24, 2.45) is 0 Å². The van der Waals surface area contributed by atoms with Crippen molar-refractivity contribution in [3.8, 4) is 11.6 Å². The van der Waals surface area contributed by atoms with Crippen LogP contribution in [0.15, 0.2) is 42.6 Å². The molecule has 0 aliphatic heterocycles. The molecule has 3 nitrogen and oxygen atoms in total. The number of ether oxygens (including phenoxy) is 1. The van der Waals surface area contributed by atoms with Gasteiger partial charge in [-0.15, -0.1) is 0 Å². The fraction of sp³-hybridized carbons (Fsp3) is 0.0833. The van der Waals surface area contributed by atoms with Gasteiger partial charge in [-0.05, 0) is 36.4 Å². The van der Waals surface area contributed by atoms with E-state index in [1.165, 1.54) is 24.3 Å². The minimum Gasteiger partial charge on any atom is -0.439 e. The van der Waals surface area contributed by atoms with Crippen molar-refractivity contribution >= 4 is 0 Å². The van der Waals surface area contributed by atoms with E-state index in [9.17, 15) is 4.39 Å². The van der Waals surface area contributed by atoms with Crippen LogP contribution >= 0.6 is 0 Å². The third kappa shape index (κ3) is 2.35. The van der Waals surface area contributed by atoms with Crippen LogP contribution in [-0.2, 0) is 6.61 Å². The minimum atomic E-state index is -0.323. The molecule has 0 bridgehead atoms. The zero-order valence-electron chi connectivity index (χ0n) is 8.43. The lowest BCUT2D eigenvalue weighted by Crippen LogP contribution is -1.94. The molecule has 0 radical (unpaired) electrons. The lowest BCUT2D eigenvalue weighted by molar-refractivity contribution is 0.275. The Balaban J connectivity index is 2.23. The average Bonchev–Trinajstić information content (AvgIpc) is 2.33. The second kappa shape index (κ2) is 4.72. The summed E-state index contributed by atoms with van der Waals surface area (Å²) in [5.74, 6) is 0.488. The fourth-order valence-electron chi connectivity index (χ4n) is 1.25. The summed E-state index contributed by atoms with van der Waals surface area (Å²) in [5, 5.41) is 9.06. The van der Waals surface area contributed by atoms with Crippen molar-refractivity contribution < 1.29 is 14.2 Å². The first-order valence-corrected chi connectivity index (χ1v) is 4.78. The van der Waals surface area contributed by atoms with Crippen LogP contribution < -0.4 is 4.74 Å². The highest BCUT2D eigenvalue weighted by atomic mass is 19.1. The van der Waals surface area contributed by atoms with Crippen LogP contribution in [0.1, 0.15) is 5.56 Å². The molecule has 82 valence electrons. The zero-order chi connectivity index (χ0) is 11.4. The van der Waals surface area contributed by atoms with Crippen LogP contribution in [-0.4, -0.2) is 10.1 Å². The van der Waals surface area contributed by atoms with E-state index < -0.39 is 0 Å². The largest absolute Gasteiger partial charge is 0.439 e. The van der Waals surface area contributed by atoms with Gasteiger partial charge in [-0.3, -0.25) is 0 Å². The molecule has 0 fully saturated rings. The van der Waals surface area contributed by atoms with Crippen LogP contribution in [0.25, 0.3) is 0 Å². The first-order chi connectivity index (χ1) is 7.79. The number of hydrogen-bond donors (Lipinski definition) is 1. The van der Waals surface area contributed by atoms with E-state index in [0.717, 1.165) is 0 Å². The summed E-state index contributed by atoms with van der Waals surface area (Å²) in [6.07, 6.45) is 1.57. The second-order valence-corrected chi connectivity index (χ2v) is 3.18. The van der Waals surface area contributed by atoms with Gasteiger partial charge in [0.1, 0.15) is 11.6 Å². The van der Waals surface area contributed by atoms with E-state index >= 15 is 0 Å². The highest BCUT2D eigenvalue weighted by molar-refractivity contribution is 5.31. The summed E-state index contributed by atoms with van der Waals surface area (Å²) < 4.78 is 18.1. The molecule has 1 N–H and O–H groups in total. The van der Waals surface area contributed by atoms with Gasteiger partial charge in [0, 0.05) is 11.8 Å². The van der Waals surface area contributed by atoms with Crippen molar-refractivity contribution in [3.05, 3.63) is 54.0 Å². The Labute approximate surface area is 92.1 Å². The van der Waals surface area contributed by atoms with Crippen LogP contribution in [0.5, 0.6) is 11.6 Å². The lowest BCUT2D eigenvalue weighted by atomic mass is 10.3. The smallest absolute Gasteiger partial charge is 0.224 e. The SMILES string of the molecule is OCc1cccnc1Oc1ccc(F)cc1. The Morgan fingerprint density at radius 2 is 1.94 bits per heavy atom. The van der Waals surface area contributed by atoms with Crippen molar-refractivity contribution in [2.75, 3.05) is 0 Å². The molecule has 0 aliphatic rings. The van der Waals surface area contributed by atoms with E-state index in [-0.39, 0.29) is 12.4 Å². The number of rotatable bonds is 3. The Hall–Kier alpha value is -1.94. The highest BCUT2D eigenvalue weighted by Crippen LogP contribution is 2.22. The topological polar surface area (TPSA) is 42.4 Å². The molecule has 16 heavy (non-hydrogen) atoms. The second-order valence-electron chi connectivity index (χ2n) is 3.18. The molecule has 2 rings (SSSR count). The molecule has 2 aromatic rings. The molecule has 4 heteroatoms. The van der Waals surface area contributed by atoms with E-state index in [1.54, 1.807) is 18.3 Å². The maximum absolute atomic E-state index is 12.7. The molecule has 1 aromatic heterocycles. The molecule has 0 atom stereocenters. The molecule has 0 saturated heterocycles. The van der Waals surface area contributed by atoms with Gasteiger partial charge in [0.15, 0.2) is 0 Å². The summed E-state index contributed by atoms with van der Waals surface area (Å²) in [6.45, 7) is -0.148. The lowest BCUT2D eigenvalue weighted by Gasteiger charge is -2.07. The number of nitrogens with zero attached hydrogens (tertiary/aromatic N) is 1. The van der Waals surface area contributed by atoms with Gasteiger partial charge in [-0.1, -0.05) is 0 Å². The molecule has 1 aromatic carbocycles. The van der Waals surface area contributed by atoms with Gasteiger partial charge < -0.3 is 9.84 Å². The molecule has 0 aliphatic carbocycles. The molecule has 0 spiro atoms. The van der Waals surface area contributed by atoms with E-state index in [2.05, 4.69) is 4.98 Å². The van der Waals surface area contributed by atoms with Gasteiger partial charge in [0.25, 0.3) is 0 Å². The first-order valence-electron chi connectivity index (χ1n) is 4.78. The van der Waals surface area contributed by atoms with Gasteiger partial charge in [0.2, 0.25) is 5.88 Å². The van der Waals surface area contributed by atoms with Crippen LogP contribution in [0.4, 0.5) is 4.39 Å². The fourth-order valence-corrected chi connectivity index (χ4v) is 1.25. The maximum Gasteiger partial charge on any atom is 0.224 e. The molecular formula is C12H10FNO2. The van der Waals surface area contributed by atoms with Crippen molar-refractivity contribution in [1.82, 2.24) is 4.98 Å². The predicted molar refractivity (Wildman–Crippen MR) is 56.6 cm³/mol. The molecule has 0 saturated carbocycles. The summed E-state index contributed by atoms with van der Waals surface area (Å²) >= 11 is 0. The van der Waals surface area contributed by atoms with Crippen LogP contribution in [0.2, 0.25) is 0 Å². The number of aliphatic hydroxyl groups is 1. The number of aromatic nitrogens is 1. The van der Waals surface area contributed by atoms with Crippen LogP contribution in [0, 0.1) is 5.82 Å². The Kier molecular flexibility index (Phi) is 3.12. The Morgan fingerprint density at radius 3 is 2.62 bits per heavy atom. The van der Waals surface area contributed by atoms with Gasteiger partial charge in [-0.25, -0.2) is 9.37 Å². The van der Waals surface area contributed by atoms with E-state index in [4.69, 9.17) is 9.84 Å². The molecular weight excluding hydrogens is 209 g/mol. The summed E-state index contributed by atoms with van der Waals surface area (Å²) in [7, 11) is 0. The minimum absolute atomic E-state index is 0.148. The number of hydrogen-bond acceptors (Lipinski definition) is 3. The summed E-state index contributed by atoms with van der Waals surface area (Å²) in [4.78, 5) is 3.99. The quantitative estimate of drug-likeness (QED) is 0.862. The summed E-state index contributed by atoms with van der Waals surface area (Å²) in [5.41, 5.74) is 0.590. The van der Waals surface area contributed by atoms with Gasteiger partial charge >= 0.3 is 0 Å². The van der Waals surface area contributed by atoms with Crippen LogP contribution in [0.3, 0.4) is 0 Å². The maximum atomic E-state index is 12.7. The first kappa shape index (κ1) is 10.6. The number of halogens is 1. The van der Waals surface area contributed by atoms with Gasteiger partial charge in [-0.2, -0.15) is 0 Å². The standard InChI is InChI=1S/C12H10FNO2/c13-10-3-5-11(6-4-10)16-12-9(8-15)2-1-7-14-12/h1-7,15H,8H2. The molecule has 0 unspecified atom stereocenters. The van der Waals surface area contributed by atoms with E-state index in [1.807, 2.05) is 0 Å². The van der Waals surface area contributed by atoms with Crippen molar-refractivity contribution in [1.29, 1.82) is 0 Å². The molecule has 1 heterocycles. The monoisotopic (exact) mass is 219 g/mol. The Bertz CT molecular complexity index is 471. The number of aliphatic hydroxyl groups excluding tert-OH is 1. The van der Waals surface area contributed by atoms with Gasteiger partial charge in [0.05, 0.1) is 6.61 Å². The predicted octanol–water partition coefficient (Wildman–Crippen LogP) is 2.51. The molecule has 0 amide bonds. The van der Waals surface area contributed by atoms with Crippen molar-refractivity contribution in [3.63, 3.8) is 0 Å². The Morgan fingerprint density at radius 1 is 1.19 bits per heavy atom. The third-order valence-electron chi connectivity index (χ3n) is 2.05. The summed E-state index contributed by atoms with van der Waals surface area (Å²) in [6, 6.07) is 9.04. The normalized spacial score (nSPS) is 10.1. The third-order valence-corrected chi connectivity index (χ3v) is 2.05. The average molecular weight is 219 g/mol. The number of benzene rings is 1. The van der Waals surface area contributed by atoms with E-state index in [0.29, 0.717) is 17.2 Å². The number of pyridine rings is 1. The highest BCUT2D eigenvalue weighted by Gasteiger charge is 2.04.